The number of guanidine groups is 1. The van der Waals surface area contributed by atoms with Crippen molar-refractivity contribution in [3.8, 4) is 0 Å². The Morgan fingerprint density at radius 3 is 2.68 bits per heavy atom. The molecule has 0 radical (unpaired) electrons. The van der Waals surface area contributed by atoms with Gasteiger partial charge in [0.05, 0.1) is 5.69 Å². The van der Waals surface area contributed by atoms with Gasteiger partial charge in [-0.05, 0) is 30.9 Å². The molecule has 0 saturated heterocycles. The van der Waals surface area contributed by atoms with Crippen molar-refractivity contribution in [2.24, 2.45) is 4.99 Å². The van der Waals surface area contributed by atoms with Crippen LogP contribution in [0.25, 0.3) is 0 Å². The van der Waals surface area contributed by atoms with Crippen molar-refractivity contribution in [2.45, 2.75) is 39.7 Å². The van der Waals surface area contributed by atoms with Crippen molar-refractivity contribution >= 4 is 41.5 Å². The molecule has 1 aromatic heterocycles. The average Bonchev–Trinajstić information content (AvgIpc) is 3.03. The predicted octanol–water partition coefficient (Wildman–Crippen LogP) is 4.37. The minimum Gasteiger partial charge on any atom is -0.359 e. The van der Waals surface area contributed by atoms with Gasteiger partial charge in [0.25, 0.3) is 0 Å². The van der Waals surface area contributed by atoms with Gasteiger partial charge in [-0.2, -0.15) is 0 Å². The van der Waals surface area contributed by atoms with E-state index in [4.69, 9.17) is 16.1 Å². The molecule has 0 atom stereocenters. The maximum absolute atomic E-state index is 6.18. The van der Waals surface area contributed by atoms with E-state index in [0.29, 0.717) is 12.5 Å². The van der Waals surface area contributed by atoms with Gasteiger partial charge >= 0.3 is 0 Å². The smallest absolute Gasteiger partial charge is 0.191 e. The molecule has 7 heteroatoms. The van der Waals surface area contributed by atoms with E-state index in [0.717, 1.165) is 47.5 Å². The van der Waals surface area contributed by atoms with Crippen molar-refractivity contribution in [3.63, 3.8) is 0 Å². The minimum atomic E-state index is 0. The summed E-state index contributed by atoms with van der Waals surface area (Å²) < 4.78 is 5.31. The van der Waals surface area contributed by atoms with Crippen molar-refractivity contribution in [1.82, 2.24) is 15.8 Å². The second-order valence-corrected chi connectivity index (χ2v) is 6.24. The van der Waals surface area contributed by atoms with Gasteiger partial charge in [0, 0.05) is 24.2 Å². The lowest BCUT2D eigenvalue weighted by Crippen LogP contribution is -2.38. The molecule has 0 saturated carbocycles. The van der Waals surface area contributed by atoms with Gasteiger partial charge < -0.3 is 15.2 Å². The highest BCUT2D eigenvalue weighted by Crippen LogP contribution is 2.15. The first-order chi connectivity index (χ1) is 11.6. The lowest BCUT2D eigenvalue weighted by Gasteiger charge is -2.11. The van der Waals surface area contributed by atoms with Crippen LogP contribution in [0.2, 0.25) is 5.02 Å². The first-order valence-corrected chi connectivity index (χ1v) is 8.69. The number of benzene rings is 1. The zero-order valence-corrected chi connectivity index (χ0v) is 18.0. The molecular formula is C18H26ClIN4O. The summed E-state index contributed by atoms with van der Waals surface area (Å²) in [4.78, 5) is 4.54. The molecule has 0 amide bonds. The number of nitrogens with one attached hydrogen (secondary N) is 2. The summed E-state index contributed by atoms with van der Waals surface area (Å²) in [6.07, 6.45) is 0.837. The van der Waals surface area contributed by atoms with Crippen LogP contribution in [-0.4, -0.2) is 24.2 Å². The Balaban J connectivity index is 0.00000312. The Labute approximate surface area is 171 Å². The second kappa shape index (κ2) is 11.4. The van der Waals surface area contributed by atoms with Gasteiger partial charge in [-0.15, -0.1) is 24.0 Å². The summed E-state index contributed by atoms with van der Waals surface area (Å²) >= 11 is 6.18. The monoisotopic (exact) mass is 476 g/mol. The van der Waals surface area contributed by atoms with E-state index in [2.05, 4.69) is 34.6 Å². The maximum Gasteiger partial charge on any atom is 0.191 e. The minimum absolute atomic E-state index is 0. The molecule has 2 N–H and O–H groups in total. The second-order valence-electron chi connectivity index (χ2n) is 5.84. The number of nitrogens with zero attached hydrogens (tertiary/aromatic N) is 2. The summed E-state index contributed by atoms with van der Waals surface area (Å²) in [5, 5.41) is 11.4. The quantitative estimate of drug-likeness (QED) is 0.354. The van der Waals surface area contributed by atoms with E-state index in [-0.39, 0.29) is 24.0 Å². The van der Waals surface area contributed by atoms with E-state index >= 15 is 0 Å². The van der Waals surface area contributed by atoms with Gasteiger partial charge in [0.1, 0.15) is 6.54 Å². The third-order valence-corrected chi connectivity index (χ3v) is 3.92. The summed E-state index contributed by atoms with van der Waals surface area (Å²) in [7, 11) is 0. The standard InChI is InChI=1S/C18H25ClN4O.HI/c1-4-20-18(21-10-9-14-7-5-6-8-16(14)19)22-12-15-11-17(13(2)3)23-24-15;/h5-8,11,13H,4,9-10,12H2,1-3H3,(H2,20,21,22);1H. The predicted molar refractivity (Wildman–Crippen MR) is 114 cm³/mol. The Bertz CT molecular complexity index is 673. The molecule has 1 aromatic carbocycles. The fourth-order valence-corrected chi connectivity index (χ4v) is 2.42. The van der Waals surface area contributed by atoms with Gasteiger partial charge in [-0.25, -0.2) is 4.99 Å². The molecule has 0 spiro atoms. The van der Waals surface area contributed by atoms with Crippen LogP contribution < -0.4 is 10.6 Å². The Kier molecular flexibility index (Phi) is 9.89. The number of aromatic nitrogens is 1. The highest BCUT2D eigenvalue weighted by atomic mass is 127. The molecule has 2 aromatic rings. The number of hydrogen-bond donors (Lipinski definition) is 2. The van der Waals surface area contributed by atoms with Crippen LogP contribution >= 0.6 is 35.6 Å². The van der Waals surface area contributed by atoms with Gasteiger partial charge in [0.2, 0.25) is 0 Å². The third-order valence-electron chi connectivity index (χ3n) is 3.55. The number of hydrogen-bond acceptors (Lipinski definition) is 3. The van der Waals surface area contributed by atoms with Crippen LogP contribution in [-0.2, 0) is 13.0 Å². The van der Waals surface area contributed by atoms with E-state index in [1.165, 1.54) is 0 Å². The van der Waals surface area contributed by atoms with Crippen LogP contribution in [0, 0.1) is 0 Å². The zero-order valence-electron chi connectivity index (χ0n) is 14.9. The number of rotatable bonds is 7. The summed E-state index contributed by atoms with van der Waals surface area (Å²) in [5.41, 5.74) is 2.08. The van der Waals surface area contributed by atoms with Crippen molar-refractivity contribution in [2.75, 3.05) is 13.1 Å². The van der Waals surface area contributed by atoms with E-state index < -0.39 is 0 Å². The highest BCUT2D eigenvalue weighted by molar-refractivity contribution is 14.0. The molecule has 0 aliphatic rings. The maximum atomic E-state index is 6.18. The van der Waals surface area contributed by atoms with Crippen molar-refractivity contribution in [1.29, 1.82) is 0 Å². The zero-order chi connectivity index (χ0) is 17.4. The SMILES string of the molecule is CCNC(=NCc1cc(C(C)C)no1)NCCc1ccccc1Cl.I. The Hall–Kier alpha value is -1.28. The topological polar surface area (TPSA) is 62.5 Å². The molecule has 0 bridgehead atoms. The molecule has 0 aliphatic carbocycles. The first kappa shape index (κ1) is 21.8. The van der Waals surface area contributed by atoms with Crippen LogP contribution in [0.4, 0.5) is 0 Å². The van der Waals surface area contributed by atoms with Crippen LogP contribution in [0.3, 0.4) is 0 Å². The lowest BCUT2D eigenvalue weighted by atomic mass is 10.1. The van der Waals surface area contributed by atoms with E-state index in [1.807, 2.05) is 37.3 Å². The Morgan fingerprint density at radius 1 is 1.28 bits per heavy atom. The van der Waals surface area contributed by atoms with Crippen LogP contribution in [0.5, 0.6) is 0 Å². The normalized spacial score (nSPS) is 11.3. The molecule has 0 unspecified atom stereocenters. The lowest BCUT2D eigenvalue weighted by molar-refractivity contribution is 0.376. The molecule has 25 heavy (non-hydrogen) atoms. The number of aliphatic imine (C=N–C) groups is 1. The van der Waals surface area contributed by atoms with Gasteiger partial charge in [0.15, 0.2) is 11.7 Å². The summed E-state index contributed by atoms with van der Waals surface area (Å²) in [6, 6.07) is 9.84. The van der Waals surface area contributed by atoms with Gasteiger partial charge in [-0.3, -0.25) is 0 Å². The third kappa shape index (κ3) is 7.23. The largest absolute Gasteiger partial charge is 0.359 e. The van der Waals surface area contributed by atoms with Gasteiger partial charge in [-0.1, -0.05) is 48.8 Å². The van der Waals surface area contributed by atoms with E-state index in [1.54, 1.807) is 0 Å². The van der Waals surface area contributed by atoms with Crippen molar-refractivity contribution in [3.05, 3.63) is 52.4 Å². The summed E-state index contributed by atoms with van der Waals surface area (Å²) in [5.74, 6) is 1.88. The fraction of sp³-hybridized carbons (Fsp3) is 0.444. The fourth-order valence-electron chi connectivity index (χ4n) is 2.19. The van der Waals surface area contributed by atoms with Crippen molar-refractivity contribution < 1.29 is 4.52 Å². The molecule has 2 rings (SSSR count). The Morgan fingerprint density at radius 2 is 2.04 bits per heavy atom. The van der Waals surface area contributed by atoms with E-state index in [9.17, 15) is 0 Å². The molecule has 138 valence electrons. The summed E-state index contributed by atoms with van der Waals surface area (Å²) in [6.45, 7) is 8.23. The highest BCUT2D eigenvalue weighted by Gasteiger charge is 2.07. The average molecular weight is 477 g/mol. The molecule has 1 heterocycles. The molecule has 5 nitrogen and oxygen atoms in total. The van der Waals surface area contributed by atoms with Crippen LogP contribution in [0.1, 0.15) is 43.7 Å². The van der Waals surface area contributed by atoms with Crippen LogP contribution in [0.15, 0.2) is 39.8 Å². The first-order valence-electron chi connectivity index (χ1n) is 8.31. The number of halogens is 2. The molecule has 0 aliphatic heterocycles. The molecule has 0 fully saturated rings. The molecular weight excluding hydrogens is 451 g/mol.